The first-order valence-corrected chi connectivity index (χ1v) is 9.28. The van der Waals surface area contributed by atoms with Crippen LogP contribution in [0.4, 0.5) is 0 Å². The molecular weight excluding hydrogens is 314 g/mol. The van der Waals surface area contributed by atoms with Crippen molar-refractivity contribution in [3.8, 4) is 0 Å². The zero-order chi connectivity index (χ0) is 14.3. The molecule has 0 N–H and O–H groups in total. The molecule has 0 spiro atoms. The highest BCUT2D eigenvalue weighted by molar-refractivity contribution is 8.14. The van der Waals surface area contributed by atoms with E-state index >= 15 is 0 Å². The first kappa shape index (κ1) is 14.2. The fraction of sp³-hybridized carbons (Fsp3) is 0.333. The lowest BCUT2D eigenvalue weighted by atomic mass is 10.3. The Morgan fingerprint density at radius 2 is 1.89 bits per heavy atom. The van der Waals surface area contributed by atoms with Gasteiger partial charge >= 0.3 is 0 Å². The first-order chi connectivity index (χ1) is 8.69. The Morgan fingerprint density at radius 3 is 2.53 bits per heavy atom. The summed E-state index contributed by atoms with van der Waals surface area (Å²) < 4.78 is 47.1. The number of pyridine rings is 1. The molecule has 10 heteroatoms. The van der Waals surface area contributed by atoms with Gasteiger partial charge in [0, 0.05) is 10.7 Å². The molecule has 7 nitrogen and oxygen atoms in total. The van der Waals surface area contributed by atoms with Crippen LogP contribution >= 0.6 is 10.7 Å². The van der Waals surface area contributed by atoms with E-state index in [1.165, 1.54) is 12.4 Å². The number of rotatable bonds is 4. The number of aryl methyl sites for hydroxylation is 1. The van der Waals surface area contributed by atoms with Crippen molar-refractivity contribution in [2.24, 2.45) is 0 Å². The van der Waals surface area contributed by atoms with Gasteiger partial charge in [-0.25, -0.2) is 26.3 Å². The summed E-state index contributed by atoms with van der Waals surface area (Å²) in [5.41, 5.74) is 1.07. The summed E-state index contributed by atoms with van der Waals surface area (Å²) in [6, 6.07) is 3.09. The van der Waals surface area contributed by atoms with Gasteiger partial charge in [0.15, 0.2) is 20.5 Å². The summed E-state index contributed by atoms with van der Waals surface area (Å²) in [4.78, 5) is 3.91. The van der Waals surface area contributed by atoms with Crippen LogP contribution in [0.5, 0.6) is 0 Å². The topological polar surface area (TPSA) is 98.5 Å². The van der Waals surface area contributed by atoms with Gasteiger partial charge in [-0.2, -0.15) is 5.10 Å². The molecule has 0 fully saturated rings. The zero-order valence-corrected chi connectivity index (χ0v) is 12.2. The Bertz CT molecular complexity index is 826. The van der Waals surface area contributed by atoms with Gasteiger partial charge in [-0.05, 0) is 24.6 Å². The quantitative estimate of drug-likeness (QED) is 0.754. The Morgan fingerprint density at radius 1 is 1.21 bits per heavy atom. The minimum absolute atomic E-state index is 0.0969. The van der Waals surface area contributed by atoms with E-state index in [-0.39, 0.29) is 5.03 Å². The van der Waals surface area contributed by atoms with Crippen LogP contribution in [0.1, 0.15) is 5.56 Å². The van der Waals surface area contributed by atoms with Crippen molar-refractivity contribution in [2.45, 2.75) is 11.9 Å². The molecule has 0 aliphatic heterocycles. The van der Waals surface area contributed by atoms with E-state index < -0.39 is 30.4 Å². The second kappa shape index (κ2) is 4.73. The third kappa shape index (κ3) is 3.23. The Kier molecular flexibility index (Phi) is 3.54. The van der Waals surface area contributed by atoms with Gasteiger partial charge < -0.3 is 0 Å². The normalized spacial score (nSPS) is 12.9. The molecular formula is C9H10ClN3O4S2. The lowest BCUT2D eigenvalue weighted by Gasteiger charge is -2.06. The molecule has 0 aromatic carbocycles. The van der Waals surface area contributed by atoms with E-state index in [0.717, 1.165) is 4.52 Å². The maximum Gasteiger partial charge on any atom is 0.233 e. The molecule has 19 heavy (non-hydrogen) atoms. The fourth-order valence-corrected chi connectivity index (χ4v) is 4.77. The molecule has 2 aromatic rings. The third-order valence-corrected chi connectivity index (χ3v) is 5.49. The summed E-state index contributed by atoms with van der Waals surface area (Å²) in [6.07, 6.45) is 1.23. The number of hydrogen-bond donors (Lipinski definition) is 0. The minimum Gasteiger partial charge on any atom is -0.222 e. The maximum absolute atomic E-state index is 12.1. The highest BCUT2D eigenvalue weighted by Crippen LogP contribution is 2.16. The van der Waals surface area contributed by atoms with Crippen molar-refractivity contribution in [1.29, 1.82) is 0 Å². The zero-order valence-electron chi connectivity index (χ0n) is 9.82. The predicted molar refractivity (Wildman–Crippen MR) is 69.4 cm³/mol. The summed E-state index contributed by atoms with van der Waals surface area (Å²) >= 11 is 0. The van der Waals surface area contributed by atoms with E-state index in [0.29, 0.717) is 11.2 Å². The van der Waals surface area contributed by atoms with Gasteiger partial charge in [0.25, 0.3) is 0 Å². The van der Waals surface area contributed by atoms with Crippen LogP contribution in [0, 0.1) is 6.92 Å². The van der Waals surface area contributed by atoms with Crippen molar-refractivity contribution in [2.75, 3.05) is 11.5 Å². The van der Waals surface area contributed by atoms with E-state index in [4.69, 9.17) is 10.7 Å². The second-order valence-corrected chi connectivity index (χ2v) is 8.92. The summed E-state index contributed by atoms with van der Waals surface area (Å²) in [5.74, 6) is -1.25. The van der Waals surface area contributed by atoms with E-state index in [2.05, 4.69) is 10.1 Å². The van der Waals surface area contributed by atoms with Gasteiger partial charge in [0.2, 0.25) is 9.05 Å². The number of halogens is 1. The van der Waals surface area contributed by atoms with Gasteiger partial charge in [-0.15, -0.1) is 0 Å². The van der Waals surface area contributed by atoms with Crippen LogP contribution in [0.15, 0.2) is 23.5 Å². The molecule has 2 heterocycles. The van der Waals surface area contributed by atoms with Crippen molar-refractivity contribution < 1.29 is 16.8 Å². The maximum atomic E-state index is 12.1. The van der Waals surface area contributed by atoms with E-state index in [1.54, 1.807) is 13.0 Å². The molecule has 0 radical (unpaired) electrons. The highest BCUT2D eigenvalue weighted by atomic mass is 35.7. The molecule has 0 bridgehead atoms. The lowest BCUT2D eigenvalue weighted by Crippen LogP contribution is -2.17. The van der Waals surface area contributed by atoms with Crippen molar-refractivity contribution in [3.05, 3.63) is 24.0 Å². The molecule has 2 aromatic heterocycles. The number of fused-ring (bicyclic) bond motifs is 1. The molecule has 0 saturated heterocycles. The number of nitrogens with zero attached hydrogens (tertiary/aromatic N) is 3. The predicted octanol–water partition coefficient (Wildman–Crippen LogP) is 0.380. The van der Waals surface area contributed by atoms with Crippen LogP contribution in [0.3, 0.4) is 0 Å². The first-order valence-electron chi connectivity index (χ1n) is 5.14. The molecule has 104 valence electrons. The summed E-state index contributed by atoms with van der Waals surface area (Å²) in [7, 11) is -2.66. The molecule has 0 aliphatic carbocycles. The van der Waals surface area contributed by atoms with E-state index in [1.807, 2.05) is 0 Å². The van der Waals surface area contributed by atoms with Crippen LogP contribution < -0.4 is 0 Å². The standard InChI is InChI=1S/C9H10ClN3O4S2/c1-7-4-8-11-6-12-13(8)9(5-7)18(14,15)2-3-19(10,16)17/h4-6H,2-3H2,1H3. The van der Waals surface area contributed by atoms with Crippen molar-refractivity contribution in [1.82, 2.24) is 14.6 Å². The van der Waals surface area contributed by atoms with Gasteiger partial charge in [0.05, 0.1) is 11.5 Å². The Hall–Kier alpha value is -1.19. The second-order valence-electron chi connectivity index (χ2n) is 3.96. The molecule has 2 rings (SSSR count). The fourth-order valence-electron chi connectivity index (χ4n) is 1.56. The molecule has 0 unspecified atom stereocenters. The molecule has 0 amide bonds. The Balaban J connectivity index is 2.51. The van der Waals surface area contributed by atoms with Gasteiger partial charge in [0.1, 0.15) is 6.33 Å². The highest BCUT2D eigenvalue weighted by Gasteiger charge is 2.22. The number of hydrogen-bond acceptors (Lipinski definition) is 6. The molecule has 0 saturated carbocycles. The summed E-state index contributed by atoms with van der Waals surface area (Å²) in [6.45, 7) is 1.71. The monoisotopic (exact) mass is 323 g/mol. The summed E-state index contributed by atoms with van der Waals surface area (Å²) in [5, 5.41) is 3.72. The van der Waals surface area contributed by atoms with Crippen LogP contribution in [-0.2, 0) is 18.9 Å². The average Bonchev–Trinajstić information content (AvgIpc) is 2.72. The number of aromatic nitrogens is 3. The average molecular weight is 324 g/mol. The molecule has 0 atom stereocenters. The van der Waals surface area contributed by atoms with Crippen molar-refractivity contribution in [3.63, 3.8) is 0 Å². The van der Waals surface area contributed by atoms with Gasteiger partial charge in [-0.3, -0.25) is 0 Å². The Labute approximate surface area is 114 Å². The minimum atomic E-state index is -3.87. The number of sulfone groups is 1. The smallest absolute Gasteiger partial charge is 0.222 e. The SMILES string of the molecule is Cc1cc(S(=O)(=O)CCS(=O)(=O)Cl)n2ncnc2c1. The van der Waals surface area contributed by atoms with Crippen LogP contribution in [0.2, 0.25) is 0 Å². The third-order valence-electron chi connectivity index (χ3n) is 2.41. The largest absolute Gasteiger partial charge is 0.233 e. The molecule has 0 aliphatic rings. The van der Waals surface area contributed by atoms with Gasteiger partial charge in [-0.1, -0.05) is 0 Å². The van der Waals surface area contributed by atoms with E-state index in [9.17, 15) is 16.8 Å². The van der Waals surface area contributed by atoms with Crippen molar-refractivity contribution >= 4 is 35.2 Å². The van der Waals surface area contributed by atoms with Crippen LogP contribution in [0.25, 0.3) is 5.65 Å². The lowest BCUT2D eigenvalue weighted by molar-refractivity contribution is 0.585. The van der Waals surface area contributed by atoms with Crippen LogP contribution in [-0.4, -0.2) is 42.9 Å².